The molecule has 0 saturated heterocycles. The van der Waals surface area contributed by atoms with Crippen molar-refractivity contribution in [3.8, 4) is 0 Å². The molecular weight excluding hydrogens is 334 g/mol. The number of carbonyl (C=O) groups is 2. The fourth-order valence-electron chi connectivity index (χ4n) is 2.75. The first kappa shape index (κ1) is 17.6. The van der Waals surface area contributed by atoms with E-state index in [1.165, 1.54) is 24.2 Å². The summed E-state index contributed by atoms with van der Waals surface area (Å²) in [5.74, 6) is 0.594. The van der Waals surface area contributed by atoms with Crippen LogP contribution in [0.3, 0.4) is 0 Å². The van der Waals surface area contributed by atoms with E-state index in [2.05, 4.69) is 22.5 Å². The molecule has 25 heavy (non-hydrogen) atoms. The van der Waals surface area contributed by atoms with Gasteiger partial charge in [0, 0.05) is 17.4 Å². The molecule has 1 heterocycles. The van der Waals surface area contributed by atoms with Gasteiger partial charge in [-0.05, 0) is 68.4 Å². The topological polar surface area (TPSA) is 61.4 Å². The van der Waals surface area contributed by atoms with Crippen molar-refractivity contribution in [1.82, 2.24) is 4.90 Å². The fraction of sp³-hybridized carbons (Fsp3) is 0.368. The van der Waals surface area contributed by atoms with Gasteiger partial charge in [0.15, 0.2) is 0 Å². The molecule has 1 aliphatic rings. The van der Waals surface area contributed by atoms with Crippen LogP contribution in [0.5, 0.6) is 0 Å². The summed E-state index contributed by atoms with van der Waals surface area (Å²) in [6.07, 6.45) is 2.54. The Bertz CT molecular complexity index is 724. The molecule has 0 radical (unpaired) electrons. The molecule has 2 N–H and O–H groups in total. The van der Waals surface area contributed by atoms with Gasteiger partial charge in [0.25, 0.3) is 5.91 Å². The minimum absolute atomic E-state index is 0.0228. The van der Waals surface area contributed by atoms with Crippen LogP contribution in [0.1, 0.15) is 29.4 Å². The lowest BCUT2D eigenvalue weighted by Crippen LogP contribution is -2.37. The van der Waals surface area contributed by atoms with Crippen LogP contribution in [0.2, 0.25) is 0 Å². The fourth-order valence-corrected chi connectivity index (χ4v) is 3.37. The molecular formula is C19H23N3O2S. The van der Waals surface area contributed by atoms with Crippen LogP contribution < -0.4 is 10.6 Å². The maximum Gasteiger partial charge on any atom is 0.265 e. The molecule has 1 aliphatic carbocycles. The summed E-state index contributed by atoms with van der Waals surface area (Å²) >= 11 is 1.40. The number of carbonyl (C=O) groups excluding carboxylic acids is 2. The Morgan fingerprint density at radius 1 is 1.16 bits per heavy atom. The molecule has 3 rings (SSSR count). The standard InChI is InChI=1S/C19H23N3O2S/c1-13(14-5-6-14)22(2)12-18(23)20-15-7-9-16(10-8-15)21-19(24)17-4-3-11-25-17/h3-4,7-11,13-14H,5-6,12H2,1-2H3,(H,20,23)(H,21,24). The first-order valence-corrected chi connectivity index (χ1v) is 9.36. The molecule has 0 aliphatic heterocycles. The van der Waals surface area contributed by atoms with Gasteiger partial charge in [-0.2, -0.15) is 0 Å². The Labute approximate surface area is 152 Å². The van der Waals surface area contributed by atoms with E-state index in [9.17, 15) is 9.59 Å². The van der Waals surface area contributed by atoms with Gasteiger partial charge in [0.1, 0.15) is 0 Å². The van der Waals surface area contributed by atoms with Gasteiger partial charge >= 0.3 is 0 Å². The van der Waals surface area contributed by atoms with Gasteiger partial charge < -0.3 is 10.6 Å². The number of rotatable bonds is 7. The van der Waals surface area contributed by atoms with E-state index in [4.69, 9.17) is 0 Å². The highest BCUT2D eigenvalue weighted by Crippen LogP contribution is 2.34. The first-order valence-electron chi connectivity index (χ1n) is 8.48. The summed E-state index contributed by atoms with van der Waals surface area (Å²) in [6.45, 7) is 2.56. The average molecular weight is 357 g/mol. The molecule has 5 nitrogen and oxygen atoms in total. The molecule has 2 aromatic rings. The summed E-state index contributed by atoms with van der Waals surface area (Å²) < 4.78 is 0. The summed E-state index contributed by atoms with van der Waals surface area (Å²) in [5.41, 5.74) is 1.43. The van der Waals surface area contributed by atoms with Gasteiger partial charge in [0.05, 0.1) is 11.4 Å². The van der Waals surface area contributed by atoms with E-state index in [0.717, 1.165) is 11.6 Å². The SMILES string of the molecule is CC(C1CC1)N(C)CC(=O)Nc1ccc(NC(=O)c2cccs2)cc1. The van der Waals surface area contributed by atoms with Crippen LogP contribution in [-0.2, 0) is 4.79 Å². The molecule has 1 unspecified atom stereocenters. The lowest BCUT2D eigenvalue weighted by molar-refractivity contribution is -0.117. The third-order valence-corrected chi connectivity index (χ3v) is 5.43. The zero-order valence-corrected chi connectivity index (χ0v) is 15.3. The van der Waals surface area contributed by atoms with Crippen molar-refractivity contribution >= 4 is 34.5 Å². The molecule has 1 fully saturated rings. The number of hydrogen-bond donors (Lipinski definition) is 2. The maximum atomic E-state index is 12.2. The van der Waals surface area contributed by atoms with E-state index < -0.39 is 0 Å². The number of thiophene rings is 1. The lowest BCUT2D eigenvalue weighted by atomic mass is 10.2. The second-order valence-electron chi connectivity index (χ2n) is 6.55. The van der Waals surface area contributed by atoms with Gasteiger partial charge in [-0.3, -0.25) is 14.5 Å². The number of nitrogens with zero attached hydrogens (tertiary/aromatic N) is 1. The van der Waals surface area contributed by atoms with Crippen molar-refractivity contribution in [2.45, 2.75) is 25.8 Å². The number of nitrogens with one attached hydrogen (secondary N) is 2. The Morgan fingerprint density at radius 2 is 1.80 bits per heavy atom. The van der Waals surface area contributed by atoms with E-state index in [1.807, 2.05) is 18.5 Å². The van der Waals surface area contributed by atoms with Crippen molar-refractivity contribution < 1.29 is 9.59 Å². The second-order valence-corrected chi connectivity index (χ2v) is 7.50. The highest BCUT2D eigenvalue weighted by atomic mass is 32.1. The van der Waals surface area contributed by atoms with Crippen molar-refractivity contribution in [3.05, 3.63) is 46.7 Å². The van der Waals surface area contributed by atoms with Crippen molar-refractivity contribution in [2.24, 2.45) is 5.92 Å². The first-order chi connectivity index (χ1) is 12.0. The quantitative estimate of drug-likeness (QED) is 0.795. The van der Waals surface area contributed by atoms with Gasteiger partial charge in [0.2, 0.25) is 5.91 Å². The number of likely N-dealkylation sites (N-methyl/N-ethyl adjacent to an activating group) is 1. The van der Waals surface area contributed by atoms with Crippen molar-refractivity contribution in [3.63, 3.8) is 0 Å². The maximum absolute atomic E-state index is 12.2. The molecule has 2 amide bonds. The number of anilines is 2. The van der Waals surface area contributed by atoms with E-state index in [1.54, 1.807) is 30.3 Å². The molecule has 132 valence electrons. The Kier molecular flexibility index (Phi) is 5.50. The lowest BCUT2D eigenvalue weighted by Gasteiger charge is -2.23. The largest absolute Gasteiger partial charge is 0.325 e. The van der Waals surface area contributed by atoms with Gasteiger partial charge in [-0.25, -0.2) is 0 Å². The number of benzene rings is 1. The van der Waals surface area contributed by atoms with Crippen molar-refractivity contribution in [1.29, 1.82) is 0 Å². The third kappa shape index (κ3) is 4.90. The van der Waals surface area contributed by atoms with E-state index >= 15 is 0 Å². The molecule has 1 saturated carbocycles. The van der Waals surface area contributed by atoms with E-state index in [0.29, 0.717) is 23.2 Å². The third-order valence-electron chi connectivity index (χ3n) is 4.56. The zero-order chi connectivity index (χ0) is 17.8. The highest BCUT2D eigenvalue weighted by Gasteiger charge is 2.30. The van der Waals surface area contributed by atoms with Crippen LogP contribution in [0.15, 0.2) is 41.8 Å². The van der Waals surface area contributed by atoms with Gasteiger partial charge in [-0.15, -0.1) is 11.3 Å². The number of amides is 2. The number of hydrogen-bond acceptors (Lipinski definition) is 4. The normalized spacial score (nSPS) is 15.0. The Morgan fingerprint density at radius 3 is 2.36 bits per heavy atom. The summed E-state index contributed by atoms with van der Waals surface area (Å²) in [7, 11) is 1.99. The summed E-state index contributed by atoms with van der Waals surface area (Å²) in [4.78, 5) is 26.9. The molecule has 0 bridgehead atoms. The molecule has 0 spiro atoms. The van der Waals surface area contributed by atoms with Crippen LogP contribution in [0, 0.1) is 5.92 Å². The monoisotopic (exact) mass is 357 g/mol. The summed E-state index contributed by atoms with van der Waals surface area (Å²) in [5, 5.41) is 7.62. The summed E-state index contributed by atoms with van der Waals surface area (Å²) in [6, 6.07) is 11.3. The Balaban J connectivity index is 1.50. The highest BCUT2D eigenvalue weighted by molar-refractivity contribution is 7.12. The molecule has 1 atom stereocenters. The van der Waals surface area contributed by atoms with Crippen LogP contribution in [0.4, 0.5) is 11.4 Å². The predicted octanol–water partition coefficient (Wildman–Crippen LogP) is 3.67. The molecule has 1 aromatic carbocycles. The Hall–Kier alpha value is -2.18. The molecule has 6 heteroatoms. The predicted molar refractivity (Wildman–Crippen MR) is 102 cm³/mol. The molecule has 1 aromatic heterocycles. The van der Waals surface area contributed by atoms with Gasteiger partial charge in [-0.1, -0.05) is 6.07 Å². The average Bonchev–Trinajstić information content (AvgIpc) is 3.29. The van der Waals surface area contributed by atoms with Crippen LogP contribution >= 0.6 is 11.3 Å². The second kappa shape index (κ2) is 7.80. The minimum Gasteiger partial charge on any atom is -0.325 e. The smallest absolute Gasteiger partial charge is 0.265 e. The van der Waals surface area contributed by atoms with Crippen molar-refractivity contribution in [2.75, 3.05) is 24.2 Å². The van der Waals surface area contributed by atoms with Crippen LogP contribution in [-0.4, -0.2) is 36.3 Å². The van der Waals surface area contributed by atoms with Crippen LogP contribution in [0.25, 0.3) is 0 Å². The van der Waals surface area contributed by atoms with E-state index in [-0.39, 0.29) is 11.8 Å². The minimum atomic E-state index is -0.123. The zero-order valence-electron chi connectivity index (χ0n) is 14.5.